The van der Waals surface area contributed by atoms with Gasteiger partial charge >= 0.3 is 5.97 Å². The first kappa shape index (κ1) is 25.5. The number of hydrogen-bond donors (Lipinski definition) is 3. The van der Waals surface area contributed by atoms with Gasteiger partial charge in [-0.25, -0.2) is 13.2 Å². The van der Waals surface area contributed by atoms with Crippen LogP contribution in [0.5, 0.6) is 5.75 Å². The smallest absolute Gasteiger partial charge is 0.307 e. The van der Waals surface area contributed by atoms with Crippen LogP contribution in [0.25, 0.3) is 11.1 Å². The van der Waals surface area contributed by atoms with E-state index in [-0.39, 0.29) is 39.3 Å². The van der Waals surface area contributed by atoms with Crippen LogP contribution in [-0.4, -0.2) is 36.2 Å². The van der Waals surface area contributed by atoms with E-state index in [9.17, 15) is 18.4 Å². The number of aliphatic carboxylic acids is 1. The Kier molecular flexibility index (Phi) is 7.81. The minimum atomic E-state index is -1.23. The fraction of sp³-hybridized carbons (Fsp3) is 0.231. The van der Waals surface area contributed by atoms with E-state index < -0.39 is 41.3 Å². The summed E-state index contributed by atoms with van der Waals surface area (Å²) in [5.41, 5.74) is -0.712. The third kappa shape index (κ3) is 5.80. The van der Waals surface area contributed by atoms with Crippen molar-refractivity contribution in [2.24, 2.45) is 0 Å². The van der Waals surface area contributed by atoms with Crippen LogP contribution in [0.1, 0.15) is 28.8 Å². The van der Waals surface area contributed by atoms with Crippen LogP contribution in [0.3, 0.4) is 0 Å². The second kappa shape index (κ2) is 11.0. The fourth-order valence-corrected chi connectivity index (χ4v) is 4.22. The van der Waals surface area contributed by atoms with Crippen molar-refractivity contribution < 1.29 is 32.6 Å². The lowest BCUT2D eigenvalue weighted by molar-refractivity contribution is -0.136. The molecule has 1 heterocycles. The van der Waals surface area contributed by atoms with Gasteiger partial charge in [-0.05, 0) is 61.3 Å². The van der Waals surface area contributed by atoms with Gasteiger partial charge in [0.05, 0.1) is 17.0 Å². The Bertz CT molecular complexity index is 1310. The van der Waals surface area contributed by atoms with Gasteiger partial charge in [0.2, 0.25) is 0 Å². The number of rotatable bonds is 7. The molecule has 1 amide bonds. The van der Waals surface area contributed by atoms with Gasteiger partial charge in [-0.1, -0.05) is 23.7 Å². The van der Waals surface area contributed by atoms with Crippen LogP contribution in [0.2, 0.25) is 5.02 Å². The number of ether oxygens (including phenoxy) is 1. The summed E-state index contributed by atoms with van der Waals surface area (Å²) in [4.78, 5) is 24.0. The van der Waals surface area contributed by atoms with Crippen LogP contribution in [0.15, 0.2) is 48.5 Å². The molecule has 0 spiro atoms. The van der Waals surface area contributed by atoms with Crippen LogP contribution >= 0.6 is 11.6 Å². The molecule has 1 fully saturated rings. The number of piperidine rings is 1. The van der Waals surface area contributed by atoms with Crippen molar-refractivity contribution in [3.05, 3.63) is 82.1 Å². The van der Waals surface area contributed by atoms with Crippen LogP contribution in [0.4, 0.5) is 18.9 Å². The summed E-state index contributed by atoms with van der Waals surface area (Å²) in [6, 6.07) is 9.45. The van der Waals surface area contributed by atoms with Gasteiger partial charge in [0.1, 0.15) is 29.3 Å². The molecular weight excluding hydrogens is 497 g/mol. The Balaban J connectivity index is 1.64. The molecule has 1 saturated heterocycles. The first-order valence-corrected chi connectivity index (χ1v) is 11.6. The first-order chi connectivity index (χ1) is 17.2. The number of amides is 1. The second-order valence-corrected chi connectivity index (χ2v) is 8.75. The Morgan fingerprint density at radius 3 is 2.64 bits per heavy atom. The number of carbonyl (C=O) groups excluding carboxylic acids is 1. The number of halogens is 4. The molecule has 1 atom stereocenters. The molecule has 188 valence electrons. The lowest BCUT2D eigenvalue weighted by Crippen LogP contribution is -2.37. The molecule has 1 aliphatic heterocycles. The monoisotopic (exact) mass is 518 g/mol. The molecule has 0 aliphatic carbocycles. The molecule has 6 nitrogen and oxygen atoms in total. The van der Waals surface area contributed by atoms with Crippen molar-refractivity contribution in [2.75, 3.05) is 18.4 Å². The maximum atomic E-state index is 15.5. The average Bonchev–Trinajstić information content (AvgIpc) is 2.83. The highest BCUT2D eigenvalue weighted by Crippen LogP contribution is 2.36. The summed E-state index contributed by atoms with van der Waals surface area (Å²) >= 11 is 6.17. The maximum Gasteiger partial charge on any atom is 0.307 e. The van der Waals surface area contributed by atoms with Crippen molar-refractivity contribution >= 4 is 29.2 Å². The molecule has 10 heteroatoms. The summed E-state index contributed by atoms with van der Waals surface area (Å²) in [6.45, 7) is 1.47. The van der Waals surface area contributed by atoms with E-state index >= 15 is 4.39 Å². The SMILES string of the molecule is O=C(O)Cc1cc(F)ccc1NC(=O)c1cccc(-c2cc(OC3CCCNC3)c(Cl)cc2F)c1F. The molecule has 3 aromatic rings. The molecule has 0 radical (unpaired) electrons. The second-order valence-electron chi connectivity index (χ2n) is 8.34. The van der Waals surface area contributed by atoms with Crippen LogP contribution < -0.4 is 15.4 Å². The summed E-state index contributed by atoms with van der Waals surface area (Å²) in [7, 11) is 0. The lowest BCUT2D eigenvalue weighted by atomic mass is 10.0. The van der Waals surface area contributed by atoms with E-state index in [4.69, 9.17) is 21.4 Å². The van der Waals surface area contributed by atoms with Crippen LogP contribution in [0, 0.1) is 17.5 Å². The number of hydrogen-bond acceptors (Lipinski definition) is 4. The van der Waals surface area contributed by atoms with E-state index in [0.29, 0.717) is 6.54 Å². The van der Waals surface area contributed by atoms with E-state index in [2.05, 4.69) is 10.6 Å². The highest BCUT2D eigenvalue weighted by Gasteiger charge is 2.22. The normalized spacial score (nSPS) is 15.4. The third-order valence-electron chi connectivity index (χ3n) is 5.76. The van der Waals surface area contributed by atoms with Crippen molar-refractivity contribution in [3.63, 3.8) is 0 Å². The predicted octanol–water partition coefficient (Wildman–Crippen LogP) is 5.43. The maximum absolute atomic E-state index is 15.5. The van der Waals surface area contributed by atoms with E-state index in [1.165, 1.54) is 30.3 Å². The number of benzene rings is 3. The molecule has 0 bridgehead atoms. The quantitative estimate of drug-likeness (QED) is 0.388. The Morgan fingerprint density at radius 1 is 1.11 bits per heavy atom. The molecule has 0 aromatic heterocycles. The Labute approximate surface area is 210 Å². The minimum Gasteiger partial charge on any atom is -0.488 e. The number of anilines is 1. The minimum absolute atomic E-state index is 0.00940. The van der Waals surface area contributed by atoms with Gasteiger partial charge in [0, 0.05) is 23.4 Å². The topological polar surface area (TPSA) is 87.7 Å². The molecule has 3 N–H and O–H groups in total. The zero-order chi connectivity index (χ0) is 25.8. The van der Waals surface area contributed by atoms with Crippen molar-refractivity contribution in [1.82, 2.24) is 5.32 Å². The van der Waals surface area contributed by atoms with Gasteiger partial charge in [0.25, 0.3) is 5.91 Å². The summed E-state index contributed by atoms with van der Waals surface area (Å²) in [5, 5.41) is 14.7. The van der Waals surface area contributed by atoms with Gasteiger partial charge in [0.15, 0.2) is 0 Å². The molecule has 1 aliphatic rings. The standard InChI is InChI=1S/C26H22ClF3N2O4/c27-20-12-21(29)19(11-23(20)36-16-3-2-8-31-13-16)17-4-1-5-18(25(17)30)26(35)32-22-7-6-15(28)9-14(22)10-24(33)34/h1,4-7,9,11-12,16,31H,2-3,8,10,13H2,(H,32,35)(H,33,34). The lowest BCUT2D eigenvalue weighted by Gasteiger charge is -2.24. The predicted molar refractivity (Wildman–Crippen MR) is 129 cm³/mol. The zero-order valence-electron chi connectivity index (χ0n) is 18.9. The molecule has 36 heavy (non-hydrogen) atoms. The van der Waals surface area contributed by atoms with E-state index in [1.807, 2.05) is 0 Å². The summed E-state index contributed by atoms with van der Waals surface area (Å²) in [5.74, 6) is -4.43. The van der Waals surface area contributed by atoms with Crippen LogP contribution in [-0.2, 0) is 11.2 Å². The van der Waals surface area contributed by atoms with Crippen molar-refractivity contribution in [1.29, 1.82) is 0 Å². The molecule has 1 unspecified atom stereocenters. The van der Waals surface area contributed by atoms with Gasteiger partial charge in [-0.2, -0.15) is 0 Å². The summed E-state index contributed by atoms with van der Waals surface area (Å²) < 4.78 is 49.8. The Morgan fingerprint density at radius 2 is 1.92 bits per heavy atom. The molecular formula is C26H22ClF3N2O4. The van der Waals surface area contributed by atoms with Gasteiger partial charge in [-0.15, -0.1) is 0 Å². The fourth-order valence-electron chi connectivity index (χ4n) is 4.02. The number of carbonyl (C=O) groups is 2. The Hall–Kier alpha value is -3.56. The van der Waals surface area contributed by atoms with Gasteiger partial charge in [-0.3, -0.25) is 9.59 Å². The number of nitrogens with one attached hydrogen (secondary N) is 2. The van der Waals surface area contributed by atoms with Gasteiger partial charge < -0.3 is 20.5 Å². The molecule has 4 rings (SSSR count). The third-order valence-corrected chi connectivity index (χ3v) is 6.05. The number of carboxylic acid groups (broad SMARTS) is 1. The van der Waals surface area contributed by atoms with Crippen molar-refractivity contribution in [3.8, 4) is 16.9 Å². The van der Waals surface area contributed by atoms with E-state index in [1.54, 1.807) is 0 Å². The number of carboxylic acids is 1. The molecule has 3 aromatic carbocycles. The highest BCUT2D eigenvalue weighted by molar-refractivity contribution is 6.32. The largest absolute Gasteiger partial charge is 0.488 e. The molecule has 0 saturated carbocycles. The average molecular weight is 519 g/mol. The first-order valence-electron chi connectivity index (χ1n) is 11.2. The van der Waals surface area contributed by atoms with Crippen molar-refractivity contribution in [2.45, 2.75) is 25.4 Å². The summed E-state index contributed by atoms with van der Waals surface area (Å²) in [6.07, 6.45) is 0.968. The van der Waals surface area contributed by atoms with E-state index in [0.717, 1.165) is 37.6 Å². The highest BCUT2D eigenvalue weighted by atomic mass is 35.5. The zero-order valence-corrected chi connectivity index (χ0v) is 19.7.